The molecule has 106 valence electrons. The lowest BCUT2D eigenvalue weighted by Crippen LogP contribution is -2.50. The van der Waals surface area contributed by atoms with E-state index in [1.165, 1.54) is 51.6 Å². The summed E-state index contributed by atoms with van der Waals surface area (Å²) in [5.41, 5.74) is 0.456. The Morgan fingerprint density at radius 1 is 1.28 bits per heavy atom. The molecule has 1 N–H and O–H groups in total. The summed E-state index contributed by atoms with van der Waals surface area (Å²) in [7, 11) is 2.32. The summed E-state index contributed by atoms with van der Waals surface area (Å²) in [5, 5.41) is 3.64. The van der Waals surface area contributed by atoms with Crippen LogP contribution < -0.4 is 5.32 Å². The topological polar surface area (TPSA) is 24.5 Å². The standard InChI is InChI=1S/C15H30N2O/c1-3-9-16-12-15(7-10-18-11-8-15)13-17(2)14-5-4-6-14/h14,16H,3-13H2,1-2H3. The fourth-order valence-electron chi connectivity index (χ4n) is 3.21. The lowest BCUT2D eigenvalue weighted by Gasteiger charge is -2.44. The third-order valence-corrected chi connectivity index (χ3v) is 4.76. The number of hydrogen-bond acceptors (Lipinski definition) is 3. The summed E-state index contributed by atoms with van der Waals surface area (Å²) in [4.78, 5) is 2.61. The van der Waals surface area contributed by atoms with Crippen LogP contribution in [0, 0.1) is 5.41 Å². The largest absolute Gasteiger partial charge is 0.381 e. The molecule has 0 aromatic rings. The van der Waals surface area contributed by atoms with Gasteiger partial charge in [-0.2, -0.15) is 0 Å². The molecule has 2 rings (SSSR count). The van der Waals surface area contributed by atoms with E-state index in [2.05, 4.69) is 24.2 Å². The molecule has 2 aliphatic rings. The molecule has 0 bridgehead atoms. The minimum atomic E-state index is 0.456. The van der Waals surface area contributed by atoms with Gasteiger partial charge in [-0.25, -0.2) is 0 Å². The minimum Gasteiger partial charge on any atom is -0.381 e. The first-order chi connectivity index (χ1) is 8.76. The van der Waals surface area contributed by atoms with E-state index in [0.29, 0.717) is 5.41 Å². The van der Waals surface area contributed by atoms with Gasteiger partial charge in [0.05, 0.1) is 0 Å². The maximum atomic E-state index is 5.57. The van der Waals surface area contributed by atoms with Gasteiger partial charge >= 0.3 is 0 Å². The van der Waals surface area contributed by atoms with Crippen LogP contribution in [0.25, 0.3) is 0 Å². The van der Waals surface area contributed by atoms with Crippen molar-refractivity contribution in [2.75, 3.05) is 39.9 Å². The SMILES string of the molecule is CCCNCC1(CN(C)C2CCC2)CCOCC1. The van der Waals surface area contributed by atoms with Crippen molar-refractivity contribution in [1.29, 1.82) is 0 Å². The number of nitrogens with zero attached hydrogens (tertiary/aromatic N) is 1. The van der Waals surface area contributed by atoms with Gasteiger partial charge in [-0.15, -0.1) is 0 Å². The molecule has 0 amide bonds. The Labute approximate surface area is 112 Å². The maximum absolute atomic E-state index is 5.57. The molecule has 1 saturated carbocycles. The van der Waals surface area contributed by atoms with E-state index >= 15 is 0 Å². The number of rotatable bonds is 7. The van der Waals surface area contributed by atoms with Crippen molar-refractivity contribution in [3.05, 3.63) is 0 Å². The van der Waals surface area contributed by atoms with Crippen LogP contribution in [-0.4, -0.2) is 50.8 Å². The van der Waals surface area contributed by atoms with Gasteiger partial charge in [0.15, 0.2) is 0 Å². The van der Waals surface area contributed by atoms with Gasteiger partial charge in [-0.05, 0) is 51.1 Å². The Morgan fingerprint density at radius 2 is 2.00 bits per heavy atom. The first-order valence-corrected chi connectivity index (χ1v) is 7.74. The zero-order chi connectivity index (χ0) is 12.8. The summed E-state index contributed by atoms with van der Waals surface area (Å²) in [5.74, 6) is 0. The molecular weight excluding hydrogens is 224 g/mol. The average Bonchev–Trinajstić information content (AvgIpc) is 2.28. The van der Waals surface area contributed by atoms with Gasteiger partial charge in [-0.3, -0.25) is 0 Å². The molecule has 1 aliphatic heterocycles. The monoisotopic (exact) mass is 254 g/mol. The molecule has 0 spiro atoms. The Kier molecular flexibility index (Phi) is 5.46. The fourth-order valence-corrected chi connectivity index (χ4v) is 3.21. The van der Waals surface area contributed by atoms with Gasteiger partial charge in [0.25, 0.3) is 0 Å². The van der Waals surface area contributed by atoms with Gasteiger partial charge in [0, 0.05) is 32.3 Å². The lowest BCUT2D eigenvalue weighted by atomic mass is 9.78. The van der Waals surface area contributed by atoms with Gasteiger partial charge in [0.1, 0.15) is 0 Å². The highest BCUT2D eigenvalue weighted by atomic mass is 16.5. The molecule has 0 atom stereocenters. The summed E-state index contributed by atoms with van der Waals surface area (Å²) in [6, 6.07) is 0.857. The second-order valence-electron chi connectivity index (χ2n) is 6.29. The highest BCUT2D eigenvalue weighted by Crippen LogP contribution is 2.33. The molecule has 3 heteroatoms. The lowest BCUT2D eigenvalue weighted by molar-refractivity contribution is -0.0128. The van der Waals surface area contributed by atoms with Crippen LogP contribution >= 0.6 is 0 Å². The zero-order valence-corrected chi connectivity index (χ0v) is 12.2. The number of hydrogen-bond donors (Lipinski definition) is 1. The number of nitrogens with one attached hydrogen (secondary N) is 1. The summed E-state index contributed by atoms with van der Waals surface area (Å²) >= 11 is 0. The Morgan fingerprint density at radius 3 is 2.56 bits per heavy atom. The van der Waals surface area contributed by atoms with E-state index in [4.69, 9.17) is 4.74 Å². The number of ether oxygens (including phenoxy) is 1. The molecule has 1 heterocycles. The highest BCUT2D eigenvalue weighted by Gasteiger charge is 2.35. The second-order valence-corrected chi connectivity index (χ2v) is 6.29. The molecule has 3 nitrogen and oxygen atoms in total. The third-order valence-electron chi connectivity index (χ3n) is 4.76. The van der Waals surface area contributed by atoms with Crippen LogP contribution in [0.5, 0.6) is 0 Å². The van der Waals surface area contributed by atoms with E-state index in [0.717, 1.165) is 25.8 Å². The quantitative estimate of drug-likeness (QED) is 0.705. The second kappa shape index (κ2) is 6.88. The maximum Gasteiger partial charge on any atom is 0.0472 e. The van der Waals surface area contributed by atoms with E-state index in [-0.39, 0.29) is 0 Å². The van der Waals surface area contributed by atoms with Crippen molar-refractivity contribution in [1.82, 2.24) is 10.2 Å². The minimum absolute atomic E-state index is 0.456. The molecule has 1 aliphatic carbocycles. The smallest absolute Gasteiger partial charge is 0.0472 e. The van der Waals surface area contributed by atoms with E-state index in [9.17, 15) is 0 Å². The van der Waals surface area contributed by atoms with Crippen LogP contribution in [0.4, 0.5) is 0 Å². The predicted octanol–water partition coefficient (Wildman–Crippen LogP) is 2.27. The predicted molar refractivity (Wildman–Crippen MR) is 75.9 cm³/mol. The fraction of sp³-hybridized carbons (Fsp3) is 1.00. The van der Waals surface area contributed by atoms with Crippen LogP contribution in [0.3, 0.4) is 0 Å². The van der Waals surface area contributed by atoms with E-state index < -0.39 is 0 Å². The normalized spacial score (nSPS) is 24.2. The summed E-state index contributed by atoms with van der Waals surface area (Å²) < 4.78 is 5.57. The van der Waals surface area contributed by atoms with Crippen LogP contribution in [0.2, 0.25) is 0 Å². The van der Waals surface area contributed by atoms with Gasteiger partial charge in [0.2, 0.25) is 0 Å². The third kappa shape index (κ3) is 3.69. The molecule has 2 fully saturated rings. The Bertz CT molecular complexity index is 235. The van der Waals surface area contributed by atoms with Crippen molar-refractivity contribution < 1.29 is 4.74 Å². The van der Waals surface area contributed by atoms with E-state index in [1.807, 2.05) is 0 Å². The molecule has 1 saturated heterocycles. The van der Waals surface area contributed by atoms with Gasteiger partial charge < -0.3 is 15.0 Å². The first-order valence-electron chi connectivity index (χ1n) is 7.74. The first kappa shape index (κ1) is 14.3. The zero-order valence-electron chi connectivity index (χ0n) is 12.2. The van der Waals surface area contributed by atoms with E-state index in [1.54, 1.807) is 0 Å². The Balaban J connectivity index is 1.85. The summed E-state index contributed by atoms with van der Waals surface area (Å²) in [6.07, 6.45) is 7.92. The van der Waals surface area contributed by atoms with Crippen molar-refractivity contribution in [2.45, 2.75) is 51.5 Å². The molecule has 0 aromatic carbocycles. The van der Waals surface area contributed by atoms with Crippen molar-refractivity contribution >= 4 is 0 Å². The molecule has 0 radical (unpaired) electrons. The van der Waals surface area contributed by atoms with Crippen molar-refractivity contribution in [2.24, 2.45) is 5.41 Å². The van der Waals surface area contributed by atoms with Crippen LogP contribution in [0.15, 0.2) is 0 Å². The van der Waals surface area contributed by atoms with Crippen molar-refractivity contribution in [3.63, 3.8) is 0 Å². The summed E-state index contributed by atoms with van der Waals surface area (Å²) in [6.45, 7) is 7.71. The van der Waals surface area contributed by atoms with Crippen LogP contribution in [0.1, 0.15) is 45.4 Å². The molecule has 18 heavy (non-hydrogen) atoms. The van der Waals surface area contributed by atoms with Gasteiger partial charge in [-0.1, -0.05) is 13.3 Å². The Hall–Kier alpha value is -0.120. The molecule has 0 aromatic heterocycles. The average molecular weight is 254 g/mol. The molecular formula is C15H30N2O. The molecule has 0 unspecified atom stereocenters. The highest BCUT2D eigenvalue weighted by molar-refractivity contribution is 4.89. The van der Waals surface area contributed by atoms with Crippen LogP contribution in [-0.2, 0) is 4.74 Å². The van der Waals surface area contributed by atoms with Crippen molar-refractivity contribution in [3.8, 4) is 0 Å².